The lowest BCUT2D eigenvalue weighted by atomic mass is 11.2. The standard InChI is InChI=1S/CH4N2O.3H3O4P/c2-1(3)4;3*1-5(2,3)4/h(H4,2,3,4);3*(H3,1,2,3,4). The minimum Gasteiger partial charge on any atom is -0.352 e. The summed E-state index contributed by atoms with van der Waals surface area (Å²) in [4.78, 5) is 73.7. The maximum Gasteiger partial charge on any atom is 0.466 e. The zero-order chi connectivity index (χ0) is 17.1. The van der Waals surface area contributed by atoms with Crippen molar-refractivity contribution in [1.82, 2.24) is 0 Å². The molecular weight excluding hydrogens is 341 g/mol. The van der Waals surface area contributed by atoms with Gasteiger partial charge in [0, 0.05) is 0 Å². The Bertz CT molecular complexity index is 282. The van der Waals surface area contributed by atoms with Crippen LogP contribution in [-0.4, -0.2) is 50.1 Å². The molecule has 15 nitrogen and oxygen atoms in total. The molecule has 0 rings (SSSR count). The van der Waals surface area contributed by atoms with Gasteiger partial charge in [0.2, 0.25) is 0 Å². The van der Waals surface area contributed by atoms with Gasteiger partial charge in [0.15, 0.2) is 0 Å². The summed E-state index contributed by atoms with van der Waals surface area (Å²) in [7, 11) is -13.9. The molecule has 0 fully saturated rings. The fraction of sp³-hybridized carbons (Fsp3) is 0. The molecule has 0 radical (unpaired) electrons. The molecule has 120 valence electrons. The highest BCUT2D eigenvalue weighted by Crippen LogP contribution is 2.26. The van der Waals surface area contributed by atoms with Gasteiger partial charge < -0.3 is 55.5 Å². The lowest BCUT2D eigenvalue weighted by molar-refractivity contribution is 0.256. The molecule has 19 heavy (non-hydrogen) atoms. The van der Waals surface area contributed by atoms with E-state index in [1.807, 2.05) is 0 Å². The Hall–Kier alpha value is -0.400. The van der Waals surface area contributed by atoms with Crippen LogP contribution in [-0.2, 0) is 13.7 Å². The van der Waals surface area contributed by atoms with E-state index in [2.05, 4.69) is 11.5 Å². The van der Waals surface area contributed by atoms with Crippen LogP contribution in [0.3, 0.4) is 0 Å². The van der Waals surface area contributed by atoms with Crippen LogP contribution in [0, 0.1) is 0 Å². The molecule has 0 aromatic rings. The van der Waals surface area contributed by atoms with Crippen molar-refractivity contribution in [2.24, 2.45) is 11.5 Å². The van der Waals surface area contributed by atoms with Crippen molar-refractivity contribution in [1.29, 1.82) is 0 Å². The zero-order valence-electron chi connectivity index (χ0n) is 8.65. The number of nitrogens with two attached hydrogens (primary N) is 2. The van der Waals surface area contributed by atoms with E-state index < -0.39 is 29.5 Å². The molecule has 0 aliphatic carbocycles. The Kier molecular flexibility index (Phi) is 16.3. The third-order valence-electron chi connectivity index (χ3n) is 0. The van der Waals surface area contributed by atoms with E-state index in [-0.39, 0.29) is 0 Å². The third-order valence-corrected chi connectivity index (χ3v) is 0. The summed E-state index contributed by atoms with van der Waals surface area (Å²) in [5.74, 6) is 0. The lowest BCUT2D eigenvalue weighted by Gasteiger charge is -1.82. The summed E-state index contributed by atoms with van der Waals surface area (Å²) < 4.78 is 26.6. The molecule has 0 spiro atoms. The first-order valence-corrected chi connectivity index (χ1v) is 7.82. The number of carbonyl (C=O) groups excluding carboxylic acids is 1. The largest absolute Gasteiger partial charge is 0.466 e. The topological polar surface area (TPSA) is 302 Å². The van der Waals surface area contributed by atoms with Crippen molar-refractivity contribution < 1.29 is 62.5 Å². The maximum atomic E-state index is 9.00. The number of hydrogen-bond acceptors (Lipinski definition) is 4. The Morgan fingerprint density at radius 2 is 0.579 bits per heavy atom. The molecular formula is CH13N2O13P3. The summed E-state index contributed by atoms with van der Waals surface area (Å²) in [6.45, 7) is 0. The summed E-state index contributed by atoms with van der Waals surface area (Å²) in [5, 5.41) is 0. The van der Waals surface area contributed by atoms with Gasteiger partial charge in [-0.25, -0.2) is 18.5 Å². The Balaban J connectivity index is -0.0000000793. The second-order valence-corrected chi connectivity index (χ2v) is 5.02. The van der Waals surface area contributed by atoms with Gasteiger partial charge >= 0.3 is 29.5 Å². The van der Waals surface area contributed by atoms with Crippen LogP contribution in [0.2, 0.25) is 0 Å². The zero-order valence-corrected chi connectivity index (χ0v) is 11.3. The van der Waals surface area contributed by atoms with Crippen molar-refractivity contribution in [2.75, 3.05) is 0 Å². The minimum absolute atomic E-state index is 0.833. The molecule has 18 heteroatoms. The fourth-order valence-electron chi connectivity index (χ4n) is 0. The highest BCUT2D eigenvalue weighted by molar-refractivity contribution is 7.45. The van der Waals surface area contributed by atoms with Crippen LogP contribution in [0.15, 0.2) is 0 Å². The SMILES string of the molecule is NC(N)=O.O=P(O)(O)O.O=P(O)(O)O.O=P(O)(O)O. The van der Waals surface area contributed by atoms with Crippen molar-refractivity contribution in [2.45, 2.75) is 0 Å². The second kappa shape index (κ2) is 11.4. The summed E-state index contributed by atoms with van der Waals surface area (Å²) in [5.41, 5.74) is 8.50. The molecule has 0 aromatic carbocycles. The molecule has 0 saturated heterocycles. The molecule has 0 aromatic heterocycles. The molecule has 2 amide bonds. The first-order valence-electron chi connectivity index (χ1n) is 3.13. The van der Waals surface area contributed by atoms with E-state index in [0.717, 1.165) is 0 Å². The fourth-order valence-corrected chi connectivity index (χ4v) is 0. The van der Waals surface area contributed by atoms with Crippen molar-refractivity contribution in [3.8, 4) is 0 Å². The van der Waals surface area contributed by atoms with Crippen molar-refractivity contribution >= 4 is 29.5 Å². The summed E-state index contributed by atoms with van der Waals surface area (Å²) in [6, 6.07) is -0.833. The number of urea groups is 1. The summed E-state index contributed by atoms with van der Waals surface area (Å²) >= 11 is 0. The van der Waals surface area contributed by atoms with Crippen LogP contribution in [0.5, 0.6) is 0 Å². The number of carbonyl (C=O) groups is 1. The van der Waals surface area contributed by atoms with Gasteiger partial charge in [0.05, 0.1) is 0 Å². The van der Waals surface area contributed by atoms with Gasteiger partial charge in [0.1, 0.15) is 0 Å². The van der Waals surface area contributed by atoms with E-state index in [0.29, 0.717) is 0 Å². The molecule has 0 bridgehead atoms. The van der Waals surface area contributed by atoms with Crippen molar-refractivity contribution in [3.05, 3.63) is 0 Å². The first kappa shape index (κ1) is 27.0. The average molecular weight is 354 g/mol. The third kappa shape index (κ3) is 26800. The molecule has 0 aliphatic rings. The van der Waals surface area contributed by atoms with Crippen LogP contribution < -0.4 is 11.5 Å². The van der Waals surface area contributed by atoms with Crippen LogP contribution >= 0.6 is 23.5 Å². The molecule has 0 saturated carbocycles. The van der Waals surface area contributed by atoms with E-state index >= 15 is 0 Å². The van der Waals surface area contributed by atoms with Gasteiger partial charge in [-0.2, -0.15) is 0 Å². The Morgan fingerprint density at radius 3 is 0.579 bits per heavy atom. The van der Waals surface area contributed by atoms with Gasteiger partial charge in [-0.15, -0.1) is 0 Å². The van der Waals surface area contributed by atoms with E-state index in [1.165, 1.54) is 0 Å². The Labute approximate surface area is 104 Å². The predicted molar refractivity (Wildman–Crippen MR) is 56.6 cm³/mol. The Morgan fingerprint density at radius 1 is 0.579 bits per heavy atom. The molecule has 0 unspecified atom stereocenters. The highest BCUT2D eigenvalue weighted by atomic mass is 31.2. The number of hydrogen-bond donors (Lipinski definition) is 11. The normalized spacial score (nSPS) is 10.6. The number of rotatable bonds is 0. The maximum absolute atomic E-state index is 9.00. The molecule has 0 atom stereocenters. The van der Waals surface area contributed by atoms with E-state index in [9.17, 15) is 0 Å². The first-order chi connectivity index (χ1) is 7.73. The molecule has 13 N–H and O–H groups in total. The van der Waals surface area contributed by atoms with Crippen LogP contribution in [0.1, 0.15) is 0 Å². The van der Waals surface area contributed by atoms with E-state index in [4.69, 9.17) is 62.5 Å². The van der Waals surface area contributed by atoms with Crippen LogP contribution in [0.4, 0.5) is 4.79 Å². The second-order valence-electron chi connectivity index (χ2n) is 1.94. The quantitative estimate of drug-likeness (QED) is 0.186. The molecule has 0 aliphatic heterocycles. The van der Waals surface area contributed by atoms with Crippen molar-refractivity contribution in [3.63, 3.8) is 0 Å². The smallest absolute Gasteiger partial charge is 0.352 e. The molecule has 0 heterocycles. The van der Waals surface area contributed by atoms with Gasteiger partial charge in [0.25, 0.3) is 0 Å². The highest BCUT2D eigenvalue weighted by Gasteiger charge is 2.01. The van der Waals surface area contributed by atoms with Gasteiger partial charge in [-0.05, 0) is 0 Å². The van der Waals surface area contributed by atoms with Gasteiger partial charge in [-0.3, -0.25) is 0 Å². The monoisotopic (exact) mass is 354 g/mol. The van der Waals surface area contributed by atoms with Crippen LogP contribution in [0.25, 0.3) is 0 Å². The number of primary amides is 2. The van der Waals surface area contributed by atoms with Gasteiger partial charge in [-0.1, -0.05) is 0 Å². The van der Waals surface area contributed by atoms with E-state index in [1.54, 1.807) is 0 Å². The average Bonchev–Trinajstić information content (AvgIpc) is 1.66. The summed E-state index contributed by atoms with van der Waals surface area (Å²) in [6.07, 6.45) is 0. The number of amides is 2. The predicted octanol–water partition coefficient (Wildman–Crippen LogP) is -3.76. The number of phosphoric acid groups is 3. The lowest BCUT2D eigenvalue weighted by Crippen LogP contribution is -2.18. The minimum atomic E-state index is -4.64.